The van der Waals surface area contributed by atoms with E-state index in [4.69, 9.17) is 5.11 Å². The van der Waals surface area contributed by atoms with Gasteiger partial charge in [0, 0.05) is 12.6 Å². The Morgan fingerprint density at radius 3 is 2.38 bits per heavy atom. The number of aliphatic hydroxyl groups is 1. The molecular weight excluding hydrogens is 164 g/mol. The molecule has 0 aliphatic rings. The highest BCUT2D eigenvalue weighted by Crippen LogP contribution is 2.02. The Morgan fingerprint density at radius 2 is 1.92 bits per heavy atom. The summed E-state index contributed by atoms with van der Waals surface area (Å²) in [6.45, 7) is 6.09. The molecule has 2 atom stereocenters. The van der Waals surface area contributed by atoms with Gasteiger partial charge in [0.25, 0.3) is 0 Å². The summed E-state index contributed by atoms with van der Waals surface area (Å²) in [6, 6.07) is 0.589. The van der Waals surface area contributed by atoms with E-state index in [0.29, 0.717) is 6.04 Å². The van der Waals surface area contributed by atoms with E-state index < -0.39 is 0 Å². The summed E-state index contributed by atoms with van der Waals surface area (Å²) in [6.07, 6.45) is 1.84. The molecule has 0 aromatic carbocycles. The molecule has 0 aliphatic heterocycles. The average molecular weight is 188 g/mol. The number of rotatable bonds is 7. The Balaban J connectivity index is 3.50. The van der Waals surface area contributed by atoms with Crippen molar-refractivity contribution < 1.29 is 5.11 Å². The predicted molar refractivity (Wildman–Crippen MR) is 56.9 cm³/mol. The Bertz CT molecular complexity index is 117. The minimum atomic E-state index is -0.182. The molecule has 0 radical (unpaired) electrons. The molecule has 0 saturated carbocycles. The van der Waals surface area contributed by atoms with Gasteiger partial charge >= 0.3 is 0 Å². The smallest absolute Gasteiger partial charge is 0.0524 e. The zero-order valence-corrected chi connectivity index (χ0v) is 9.38. The second kappa shape index (κ2) is 7.30. The fraction of sp³-hybridized carbons (Fsp3) is 1.00. The number of nitrogens with zero attached hydrogens (tertiary/aromatic N) is 1. The van der Waals surface area contributed by atoms with E-state index in [9.17, 15) is 0 Å². The number of hydrogen-bond acceptors (Lipinski definition) is 3. The first-order valence-electron chi connectivity index (χ1n) is 5.10. The summed E-state index contributed by atoms with van der Waals surface area (Å²) in [4.78, 5) is 2.30. The Morgan fingerprint density at radius 1 is 1.31 bits per heavy atom. The van der Waals surface area contributed by atoms with Gasteiger partial charge in [0.05, 0.1) is 6.10 Å². The number of nitrogens with one attached hydrogen (secondary N) is 1. The van der Waals surface area contributed by atoms with E-state index in [0.717, 1.165) is 25.9 Å². The lowest BCUT2D eigenvalue weighted by molar-refractivity contribution is 0.150. The lowest BCUT2D eigenvalue weighted by atomic mass is 10.2. The summed E-state index contributed by atoms with van der Waals surface area (Å²) in [5.41, 5.74) is 0. The van der Waals surface area contributed by atoms with Crippen LogP contribution in [0.2, 0.25) is 0 Å². The summed E-state index contributed by atoms with van der Waals surface area (Å²) in [7, 11) is 4.09. The SMILES string of the molecule is CNCCC(C)N(C)CCC(C)O. The monoisotopic (exact) mass is 188 g/mol. The lowest BCUT2D eigenvalue weighted by Gasteiger charge is -2.25. The van der Waals surface area contributed by atoms with Crippen molar-refractivity contribution in [3.63, 3.8) is 0 Å². The minimum Gasteiger partial charge on any atom is -0.393 e. The zero-order valence-electron chi connectivity index (χ0n) is 9.38. The molecule has 80 valence electrons. The Kier molecular flexibility index (Phi) is 7.23. The normalized spacial score (nSPS) is 16.2. The maximum Gasteiger partial charge on any atom is 0.0524 e. The second-order valence-electron chi connectivity index (χ2n) is 3.86. The maximum atomic E-state index is 9.12. The van der Waals surface area contributed by atoms with E-state index in [2.05, 4.69) is 24.2 Å². The predicted octanol–water partition coefficient (Wildman–Crippen LogP) is 0.687. The first-order valence-corrected chi connectivity index (χ1v) is 5.10. The van der Waals surface area contributed by atoms with E-state index in [1.165, 1.54) is 0 Å². The van der Waals surface area contributed by atoms with Crippen LogP contribution in [0.4, 0.5) is 0 Å². The van der Waals surface area contributed by atoms with Crippen LogP contribution in [0.5, 0.6) is 0 Å². The quantitative estimate of drug-likeness (QED) is 0.617. The average Bonchev–Trinajstić information content (AvgIpc) is 2.10. The number of hydrogen-bond donors (Lipinski definition) is 2. The highest BCUT2D eigenvalue weighted by Gasteiger charge is 2.08. The topological polar surface area (TPSA) is 35.5 Å². The highest BCUT2D eigenvalue weighted by molar-refractivity contribution is 4.65. The van der Waals surface area contributed by atoms with Crippen molar-refractivity contribution in [2.75, 3.05) is 27.2 Å². The molecule has 0 fully saturated rings. The van der Waals surface area contributed by atoms with Crippen LogP contribution < -0.4 is 5.32 Å². The molecule has 3 heteroatoms. The van der Waals surface area contributed by atoms with Gasteiger partial charge in [0.1, 0.15) is 0 Å². The fourth-order valence-corrected chi connectivity index (χ4v) is 1.18. The molecule has 2 N–H and O–H groups in total. The third-order valence-corrected chi connectivity index (χ3v) is 2.46. The summed E-state index contributed by atoms with van der Waals surface area (Å²) in [5, 5.41) is 12.3. The van der Waals surface area contributed by atoms with Gasteiger partial charge in [-0.05, 0) is 47.3 Å². The van der Waals surface area contributed by atoms with Crippen molar-refractivity contribution in [3.05, 3.63) is 0 Å². The molecule has 0 spiro atoms. The van der Waals surface area contributed by atoms with Gasteiger partial charge in [-0.15, -0.1) is 0 Å². The van der Waals surface area contributed by atoms with E-state index in [-0.39, 0.29) is 6.10 Å². The molecule has 0 aromatic heterocycles. The first kappa shape index (κ1) is 12.9. The largest absolute Gasteiger partial charge is 0.393 e. The molecule has 2 unspecified atom stereocenters. The maximum absolute atomic E-state index is 9.12. The first-order chi connectivity index (χ1) is 6.07. The van der Waals surface area contributed by atoms with E-state index >= 15 is 0 Å². The van der Waals surface area contributed by atoms with Gasteiger partial charge in [-0.3, -0.25) is 0 Å². The van der Waals surface area contributed by atoms with Gasteiger partial charge in [-0.25, -0.2) is 0 Å². The summed E-state index contributed by atoms with van der Waals surface area (Å²) >= 11 is 0. The van der Waals surface area contributed by atoms with Gasteiger partial charge < -0.3 is 15.3 Å². The van der Waals surface area contributed by atoms with Crippen LogP contribution >= 0.6 is 0 Å². The van der Waals surface area contributed by atoms with Crippen molar-refractivity contribution in [1.29, 1.82) is 0 Å². The van der Waals surface area contributed by atoms with Gasteiger partial charge in [-0.2, -0.15) is 0 Å². The molecule has 0 heterocycles. The molecule has 3 nitrogen and oxygen atoms in total. The van der Waals surface area contributed by atoms with Crippen LogP contribution in [-0.4, -0.2) is 49.3 Å². The van der Waals surface area contributed by atoms with Crippen LogP contribution in [0.25, 0.3) is 0 Å². The van der Waals surface area contributed by atoms with Crippen LogP contribution in [0, 0.1) is 0 Å². The van der Waals surface area contributed by atoms with Gasteiger partial charge in [0.2, 0.25) is 0 Å². The molecule has 0 amide bonds. The van der Waals surface area contributed by atoms with Crippen LogP contribution in [-0.2, 0) is 0 Å². The molecule has 0 bridgehead atoms. The van der Waals surface area contributed by atoms with Crippen molar-refractivity contribution in [2.24, 2.45) is 0 Å². The van der Waals surface area contributed by atoms with Crippen LogP contribution in [0.15, 0.2) is 0 Å². The van der Waals surface area contributed by atoms with Gasteiger partial charge in [-0.1, -0.05) is 0 Å². The molecule has 0 rings (SSSR count). The Labute approximate surface area is 82.1 Å². The summed E-state index contributed by atoms with van der Waals surface area (Å²) in [5.74, 6) is 0. The fourth-order valence-electron chi connectivity index (χ4n) is 1.18. The van der Waals surface area contributed by atoms with Gasteiger partial charge in [0.15, 0.2) is 0 Å². The minimum absolute atomic E-state index is 0.182. The zero-order chi connectivity index (χ0) is 10.3. The molecule has 0 aliphatic carbocycles. The van der Waals surface area contributed by atoms with Crippen molar-refractivity contribution >= 4 is 0 Å². The Hall–Kier alpha value is -0.120. The molecule has 0 aromatic rings. The van der Waals surface area contributed by atoms with Crippen molar-refractivity contribution in [2.45, 2.75) is 38.8 Å². The molecular formula is C10H24N2O. The van der Waals surface area contributed by atoms with Crippen LogP contribution in [0.1, 0.15) is 26.7 Å². The summed E-state index contributed by atoms with van der Waals surface area (Å²) < 4.78 is 0. The third kappa shape index (κ3) is 6.99. The molecule has 0 saturated heterocycles. The molecule has 13 heavy (non-hydrogen) atoms. The third-order valence-electron chi connectivity index (χ3n) is 2.46. The number of aliphatic hydroxyl groups excluding tert-OH is 1. The lowest BCUT2D eigenvalue weighted by Crippen LogP contribution is -2.33. The van der Waals surface area contributed by atoms with E-state index in [1.807, 2.05) is 14.0 Å². The van der Waals surface area contributed by atoms with Crippen LogP contribution in [0.3, 0.4) is 0 Å². The van der Waals surface area contributed by atoms with Crippen molar-refractivity contribution in [3.8, 4) is 0 Å². The highest BCUT2D eigenvalue weighted by atomic mass is 16.3. The second-order valence-corrected chi connectivity index (χ2v) is 3.86. The standard InChI is InChI=1S/C10H24N2O/c1-9(5-7-11-3)12(4)8-6-10(2)13/h9-11,13H,5-8H2,1-4H3. The van der Waals surface area contributed by atoms with E-state index in [1.54, 1.807) is 0 Å². The van der Waals surface area contributed by atoms with Crippen molar-refractivity contribution in [1.82, 2.24) is 10.2 Å².